The monoisotopic (exact) mass is 388 g/mol. The summed E-state index contributed by atoms with van der Waals surface area (Å²) in [5, 5.41) is 30.8. The first kappa shape index (κ1) is 21.4. The zero-order valence-corrected chi connectivity index (χ0v) is 16.3. The lowest BCUT2D eigenvalue weighted by molar-refractivity contribution is -0.153. The van der Waals surface area contributed by atoms with Crippen molar-refractivity contribution in [2.24, 2.45) is 0 Å². The highest BCUT2D eigenvalue weighted by atomic mass is 16.5. The van der Waals surface area contributed by atoms with Crippen LogP contribution in [0.2, 0.25) is 0 Å². The molecule has 0 spiro atoms. The number of hydrogen-bond acceptors (Lipinski definition) is 7. The number of ether oxygens (including phenoxy) is 1. The van der Waals surface area contributed by atoms with Crippen LogP contribution in [0, 0.1) is 0 Å². The lowest BCUT2D eigenvalue weighted by atomic mass is 9.89. The first-order chi connectivity index (χ1) is 12.9. The molecule has 0 saturated heterocycles. The van der Waals surface area contributed by atoms with Crippen LogP contribution in [-0.4, -0.2) is 38.5 Å². The minimum Gasteiger partial charge on any atom is -0.507 e. The largest absolute Gasteiger partial charge is 0.507 e. The van der Waals surface area contributed by atoms with Crippen LogP contribution in [-0.2, 0) is 9.53 Å². The molecule has 0 amide bonds. The summed E-state index contributed by atoms with van der Waals surface area (Å²) in [6.45, 7) is 6.59. The highest BCUT2D eigenvalue weighted by molar-refractivity contribution is 6.24. The van der Waals surface area contributed by atoms with Crippen molar-refractivity contribution in [2.75, 3.05) is 0 Å². The molecule has 1 aromatic rings. The van der Waals surface area contributed by atoms with Gasteiger partial charge in [0.25, 0.3) is 0 Å². The molecule has 0 heterocycles. The van der Waals surface area contributed by atoms with E-state index in [9.17, 15) is 29.7 Å². The molecule has 2 rings (SSSR count). The second-order valence-corrected chi connectivity index (χ2v) is 7.63. The van der Waals surface area contributed by atoms with Crippen LogP contribution in [0.15, 0.2) is 29.9 Å². The van der Waals surface area contributed by atoms with Crippen LogP contribution in [0.25, 0.3) is 0 Å². The number of phenolic OH excluding ortho intramolecular Hbond substituents is 2. The van der Waals surface area contributed by atoms with E-state index in [0.717, 1.165) is 23.8 Å². The molecule has 0 saturated carbocycles. The van der Waals surface area contributed by atoms with Gasteiger partial charge < -0.3 is 20.1 Å². The van der Waals surface area contributed by atoms with Crippen molar-refractivity contribution in [3.8, 4) is 11.5 Å². The zero-order valence-electron chi connectivity index (χ0n) is 16.3. The Kier molecular flexibility index (Phi) is 6.09. The predicted octanol–water partition coefficient (Wildman–Crippen LogP) is 3.13. The molecule has 7 nitrogen and oxygen atoms in total. The molecule has 28 heavy (non-hydrogen) atoms. The fourth-order valence-corrected chi connectivity index (χ4v) is 2.87. The maximum atomic E-state index is 12.2. The molecular weight excluding hydrogens is 364 g/mol. The number of phenols is 2. The molecule has 0 aliphatic heterocycles. The molecule has 7 heteroatoms. The topological polar surface area (TPSA) is 121 Å². The number of carbonyl (C=O) groups is 3. The van der Waals surface area contributed by atoms with Crippen molar-refractivity contribution in [3.05, 3.63) is 46.6 Å². The molecule has 150 valence electrons. The molecule has 0 bridgehead atoms. The molecule has 0 aromatic heterocycles. The van der Waals surface area contributed by atoms with Gasteiger partial charge in [-0.15, -0.1) is 0 Å². The molecular formula is C21H24O7. The quantitative estimate of drug-likeness (QED) is 0.389. The number of fused-ring (bicyclic) bond motifs is 1. The van der Waals surface area contributed by atoms with E-state index in [2.05, 4.69) is 0 Å². The molecule has 1 aliphatic rings. The molecule has 0 radical (unpaired) electrons. The Morgan fingerprint density at radius 1 is 1.14 bits per heavy atom. The third kappa shape index (κ3) is 4.86. The van der Waals surface area contributed by atoms with E-state index >= 15 is 0 Å². The van der Waals surface area contributed by atoms with E-state index in [4.69, 9.17) is 4.74 Å². The number of carbonyl (C=O) groups excluding carboxylic acids is 3. The van der Waals surface area contributed by atoms with E-state index in [-0.39, 0.29) is 29.5 Å². The number of rotatable bonds is 6. The van der Waals surface area contributed by atoms with Gasteiger partial charge in [0.1, 0.15) is 17.6 Å². The van der Waals surface area contributed by atoms with Gasteiger partial charge in [-0.1, -0.05) is 11.6 Å². The number of hydrogen-bond donors (Lipinski definition) is 3. The first-order valence-corrected chi connectivity index (χ1v) is 8.81. The summed E-state index contributed by atoms with van der Waals surface area (Å²) in [4.78, 5) is 36.4. The minimum absolute atomic E-state index is 0.00861. The number of aromatic hydroxyl groups is 2. The van der Waals surface area contributed by atoms with Gasteiger partial charge in [-0.2, -0.15) is 0 Å². The predicted molar refractivity (Wildman–Crippen MR) is 101 cm³/mol. The Labute approximate surface area is 163 Å². The standard InChI is InChI=1S/C21H24O7/c1-11(2)5-8-16(28-17(25)10-21(3,4)27)12-9-15(24)18-13(22)6-7-14(23)19(18)20(12)26/h5-7,9,16,24,26-27H,8,10H2,1-4H3/t16-/m0/s1. The van der Waals surface area contributed by atoms with Gasteiger partial charge in [0, 0.05) is 12.0 Å². The van der Waals surface area contributed by atoms with Crippen molar-refractivity contribution in [1.82, 2.24) is 0 Å². The smallest absolute Gasteiger partial charge is 0.309 e. The molecule has 1 atom stereocenters. The summed E-state index contributed by atoms with van der Waals surface area (Å²) in [5.74, 6) is -2.94. The van der Waals surface area contributed by atoms with Crippen LogP contribution in [0.4, 0.5) is 0 Å². The molecule has 1 aliphatic carbocycles. The van der Waals surface area contributed by atoms with Crippen LogP contribution in [0.3, 0.4) is 0 Å². The van der Waals surface area contributed by atoms with E-state index in [1.54, 1.807) is 6.08 Å². The van der Waals surface area contributed by atoms with Gasteiger partial charge in [-0.3, -0.25) is 14.4 Å². The first-order valence-electron chi connectivity index (χ1n) is 8.81. The second kappa shape index (κ2) is 7.98. The molecule has 0 fully saturated rings. The maximum Gasteiger partial charge on any atom is 0.309 e. The zero-order chi connectivity index (χ0) is 21.2. The highest BCUT2D eigenvalue weighted by Gasteiger charge is 2.32. The summed E-state index contributed by atoms with van der Waals surface area (Å²) in [7, 11) is 0. The van der Waals surface area contributed by atoms with Crippen molar-refractivity contribution in [2.45, 2.75) is 52.2 Å². The average molecular weight is 388 g/mol. The average Bonchev–Trinajstić information content (AvgIpc) is 2.55. The van der Waals surface area contributed by atoms with Crippen LogP contribution < -0.4 is 0 Å². The number of aliphatic hydroxyl groups is 1. The lowest BCUT2D eigenvalue weighted by Gasteiger charge is -2.23. The molecule has 3 N–H and O–H groups in total. The Morgan fingerprint density at radius 2 is 1.71 bits per heavy atom. The van der Waals surface area contributed by atoms with Crippen molar-refractivity contribution in [3.63, 3.8) is 0 Å². The highest BCUT2D eigenvalue weighted by Crippen LogP contribution is 2.41. The Balaban J connectivity index is 2.52. The van der Waals surface area contributed by atoms with Gasteiger partial charge in [0.05, 0.1) is 23.1 Å². The van der Waals surface area contributed by atoms with Gasteiger partial charge >= 0.3 is 5.97 Å². The van der Waals surface area contributed by atoms with Crippen LogP contribution in [0.5, 0.6) is 11.5 Å². The summed E-state index contributed by atoms with van der Waals surface area (Å²) in [6, 6.07) is 1.12. The van der Waals surface area contributed by atoms with Crippen LogP contribution >= 0.6 is 0 Å². The van der Waals surface area contributed by atoms with Gasteiger partial charge in [0.15, 0.2) is 11.6 Å². The maximum absolute atomic E-state index is 12.2. The number of benzene rings is 1. The lowest BCUT2D eigenvalue weighted by Crippen LogP contribution is -2.25. The van der Waals surface area contributed by atoms with Crippen LogP contribution in [0.1, 0.15) is 72.9 Å². The normalized spacial score (nSPS) is 14.5. The van der Waals surface area contributed by atoms with Crippen molar-refractivity contribution >= 4 is 17.5 Å². The fraction of sp³-hybridized carbons (Fsp3) is 0.381. The van der Waals surface area contributed by atoms with Gasteiger partial charge in [-0.05, 0) is 45.9 Å². The van der Waals surface area contributed by atoms with E-state index in [1.807, 2.05) is 13.8 Å². The summed E-state index contributed by atoms with van der Waals surface area (Å²) < 4.78 is 5.42. The second-order valence-electron chi connectivity index (χ2n) is 7.63. The van der Waals surface area contributed by atoms with Gasteiger partial charge in [0.2, 0.25) is 0 Å². The summed E-state index contributed by atoms with van der Waals surface area (Å²) in [5.41, 5.74) is -0.944. The van der Waals surface area contributed by atoms with Crippen molar-refractivity contribution in [1.29, 1.82) is 0 Å². The third-order valence-corrected chi connectivity index (χ3v) is 4.13. The van der Waals surface area contributed by atoms with Gasteiger partial charge in [-0.25, -0.2) is 0 Å². The fourth-order valence-electron chi connectivity index (χ4n) is 2.87. The Hall–Kier alpha value is -2.93. The Morgan fingerprint density at radius 3 is 2.25 bits per heavy atom. The molecule has 1 aromatic carbocycles. The summed E-state index contributed by atoms with van der Waals surface area (Å²) in [6.07, 6.45) is 2.67. The van der Waals surface area contributed by atoms with E-state index < -0.39 is 40.7 Å². The minimum atomic E-state index is -1.29. The SMILES string of the molecule is CC(C)=CC[C@H](OC(=O)CC(C)(C)O)c1cc(O)c2c(c1O)C(=O)C=CC2=O. The van der Waals surface area contributed by atoms with E-state index in [1.165, 1.54) is 13.8 Å². The number of esters is 1. The van der Waals surface area contributed by atoms with Crippen molar-refractivity contribution < 1.29 is 34.4 Å². The summed E-state index contributed by atoms with van der Waals surface area (Å²) >= 11 is 0. The number of allylic oxidation sites excluding steroid dienone is 3. The third-order valence-electron chi connectivity index (χ3n) is 4.13. The Bertz CT molecular complexity index is 881. The number of ketones is 2. The van der Waals surface area contributed by atoms with E-state index in [0.29, 0.717) is 0 Å². The molecule has 0 unspecified atom stereocenters.